The van der Waals surface area contributed by atoms with E-state index in [4.69, 9.17) is 0 Å². The van der Waals surface area contributed by atoms with Crippen molar-refractivity contribution in [3.8, 4) is 0 Å². The van der Waals surface area contributed by atoms with E-state index in [1.165, 1.54) is 24.3 Å². The summed E-state index contributed by atoms with van der Waals surface area (Å²) in [7, 11) is 1.86. The lowest BCUT2D eigenvalue weighted by molar-refractivity contribution is 0.579. The van der Waals surface area contributed by atoms with Gasteiger partial charge in [-0.3, -0.25) is 0 Å². The molecule has 0 aromatic heterocycles. The van der Waals surface area contributed by atoms with E-state index in [-0.39, 0.29) is 17.7 Å². The highest BCUT2D eigenvalue weighted by Crippen LogP contribution is 2.27. The first-order valence-corrected chi connectivity index (χ1v) is 7.94. The van der Waals surface area contributed by atoms with Gasteiger partial charge in [-0.15, -0.1) is 0 Å². The maximum atomic E-state index is 13.2. The van der Waals surface area contributed by atoms with Gasteiger partial charge < -0.3 is 5.32 Å². The van der Waals surface area contributed by atoms with Crippen LogP contribution in [0.4, 0.5) is 8.78 Å². The third kappa shape index (κ3) is 3.77. The molecule has 0 radical (unpaired) electrons. The smallest absolute Gasteiger partial charge is 0.124 e. The van der Waals surface area contributed by atoms with Gasteiger partial charge in [0.25, 0.3) is 0 Å². The van der Waals surface area contributed by atoms with E-state index in [2.05, 4.69) is 43.8 Å². The van der Waals surface area contributed by atoms with Gasteiger partial charge in [0.05, 0.1) is 0 Å². The summed E-state index contributed by atoms with van der Waals surface area (Å²) < 4.78 is 27.9. The SMILES string of the molecule is CNC(Cc1ccc(F)cc1Br)c1ccc(F)cc1I. The zero-order chi connectivity index (χ0) is 14.7. The van der Waals surface area contributed by atoms with Crippen LogP contribution in [0.15, 0.2) is 40.9 Å². The molecule has 0 heterocycles. The van der Waals surface area contributed by atoms with E-state index in [9.17, 15) is 8.78 Å². The lowest BCUT2D eigenvalue weighted by Gasteiger charge is -2.19. The largest absolute Gasteiger partial charge is 0.313 e. The van der Waals surface area contributed by atoms with Crippen molar-refractivity contribution in [2.45, 2.75) is 12.5 Å². The Labute approximate surface area is 139 Å². The van der Waals surface area contributed by atoms with Crippen LogP contribution in [0.5, 0.6) is 0 Å². The Morgan fingerprint density at radius 1 is 1.15 bits per heavy atom. The van der Waals surface area contributed by atoms with Gasteiger partial charge in [0.15, 0.2) is 0 Å². The Hall–Kier alpha value is -0.530. The number of halogens is 4. The summed E-state index contributed by atoms with van der Waals surface area (Å²) in [6.45, 7) is 0. The van der Waals surface area contributed by atoms with Crippen LogP contribution in [0.25, 0.3) is 0 Å². The summed E-state index contributed by atoms with van der Waals surface area (Å²) in [4.78, 5) is 0. The quantitative estimate of drug-likeness (QED) is 0.656. The third-order valence-corrected chi connectivity index (χ3v) is 4.80. The van der Waals surface area contributed by atoms with Crippen molar-refractivity contribution in [1.29, 1.82) is 0 Å². The molecule has 1 atom stereocenters. The monoisotopic (exact) mass is 451 g/mol. The second-order valence-electron chi connectivity index (χ2n) is 4.45. The summed E-state index contributed by atoms with van der Waals surface area (Å²) in [6, 6.07) is 9.47. The number of likely N-dealkylation sites (N-methyl/N-ethyl adjacent to an activating group) is 1. The molecular weight excluding hydrogens is 439 g/mol. The van der Waals surface area contributed by atoms with Gasteiger partial charge in [-0.25, -0.2) is 8.78 Å². The number of hydrogen-bond acceptors (Lipinski definition) is 1. The molecule has 0 fully saturated rings. The van der Waals surface area contributed by atoms with Crippen molar-refractivity contribution in [1.82, 2.24) is 5.32 Å². The average molecular weight is 452 g/mol. The van der Waals surface area contributed by atoms with E-state index >= 15 is 0 Å². The number of rotatable bonds is 4. The van der Waals surface area contributed by atoms with E-state index in [0.29, 0.717) is 6.42 Å². The Morgan fingerprint density at radius 3 is 2.40 bits per heavy atom. The van der Waals surface area contributed by atoms with Crippen LogP contribution < -0.4 is 5.32 Å². The second kappa shape index (κ2) is 6.95. The minimum atomic E-state index is -0.266. The van der Waals surface area contributed by atoms with Crippen molar-refractivity contribution >= 4 is 38.5 Å². The number of nitrogens with one attached hydrogen (secondary N) is 1. The van der Waals surface area contributed by atoms with E-state index in [1.807, 2.05) is 7.05 Å². The zero-order valence-electron chi connectivity index (χ0n) is 10.8. The third-order valence-electron chi connectivity index (χ3n) is 3.13. The van der Waals surface area contributed by atoms with Crippen LogP contribution in [-0.2, 0) is 6.42 Å². The van der Waals surface area contributed by atoms with Crippen LogP contribution >= 0.6 is 38.5 Å². The molecule has 0 saturated heterocycles. The van der Waals surface area contributed by atoms with Gasteiger partial charge in [-0.05, 0) is 71.5 Å². The minimum Gasteiger partial charge on any atom is -0.313 e. The molecule has 0 spiro atoms. The van der Waals surface area contributed by atoms with Crippen molar-refractivity contribution in [2.75, 3.05) is 7.05 Å². The van der Waals surface area contributed by atoms with E-state index < -0.39 is 0 Å². The Kier molecular flexibility index (Phi) is 5.51. The molecule has 106 valence electrons. The van der Waals surface area contributed by atoms with E-state index in [0.717, 1.165) is 19.2 Å². The van der Waals surface area contributed by atoms with Crippen molar-refractivity contribution in [3.63, 3.8) is 0 Å². The summed E-state index contributed by atoms with van der Waals surface area (Å²) in [6.07, 6.45) is 0.693. The molecule has 0 aliphatic heterocycles. The highest BCUT2D eigenvalue weighted by atomic mass is 127. The molecule has 0 bridgehead atoms. The highest BCUT2D eigenvalue weighted by Gasteiger charge is 2.15. The van der Waals surface area contributed by atoms with Crippen molar-refractivity contribution in [2.24, 2.45) is 0 Å². The first kappa shape index (κ1) is 15.9. The van der Waals surface area contributed by atoms with Crippen LogP contribution in [0.1, 0.15) is 17.2 Å². The summed E-state index contributed by atoms with van der Waals surface area (Å²) in [5.74, 6) is -0.506. The molecule has 2 aromatic rings. The van der Waals surface area contributed by atoms with Gasteiger partial charge in [0.2, 0.25) is 0 Å². The molecule has 0 aliphatic carbocycles. The maximum Gasteiger partial charge on any atom is 0.124 e. The maximum absolute atomic E-state index is 13.2. The fourth-order valence-corrected chi connectivity index (χ4v) is 3.42. The normalized spacial score (nSPS) is 12.4. The summed E-state index contributed by atoms with van der Waals surface area (Å²) in [5, 5.41) is 3.23. The molecule has 1 unspecified atom stereocenters. The van der Waals surface area contributed by atoms with Gasteiger partial charge in [0.1, 0.15) is 11.6 Å². The molecule has 20 heavy (non-hydrogen) atoms. The van der Waals surface area contributed by atoms with Gasteiger partial charge in [-0.2, -0.15) is 0 Å². The molecule has 1 N–H and O–H groups in total. The topological polar surface area (TPSA) is 12.0 Å². The van der Waals surface area contributed by atoms with Crippen LogP contribution in [0.3, 0.4) is 0 Å². The predicted octanol–water partition coefficient (Wildman–Crippen LogP) is 4.84. The Balaban J connectivity index is 2.28. The fourth-order valence-electron chi connectivity index (χ4n) is 2.06. The minimum absolute atomic E-state index is 0.0456. The lowest BCUT2D eigenvalue weighted by Crippen LogP contribution is -2.20. The molecule has 0 amide bonds. The van der Waals surface area contributed by atoms with Gasteiger partial charge >= 0.3 is 0 Å². The van der Waals surface area contributed by atoms with Crippen LogP contribution in [-0.4, -0.2) is 7.05 Å². The first-order valence-electron chi connectivity index (χ1n) is 6.07. The van der Waals surface area contributed by atoms with Gasteiger partial charge in [0, 0.05) is 14.1 Å². The fraction of sp³-hybridized carbons (Fsp3) is 0.200. The average Bonchev–Trinajstić information content (AvgIpc) is 2.39. The number of hydrogen-bond donors (Lipinski definition) is 1. The van der Waals surface area contributed by atoms with Crippen LogP contribution in [0.2, 0.25) is 0 Å². The molecular formula is C15H13BrF2IN. The Morgan fingerprint density at radius 2 is 1.80 bits per heavy atom. The van der Waals surface area contributed by atoms with Crippen LogP contribution in [0, 0.1) is 15.2 Å². The van der Waals surface area contributed by atoms with E-state index in [1.54, 1.807) is 12.1 Å². The number of benzene rings is 2. The molecule has 2 aromatic carbocycles. The van der Waals surface area contributed by atoms with Crippen molar-refractivity contribution < 1.29 is 8.78 Å². The highest BCUT2D eigenvalue weighted by molar-refractivity contribution is 14.1. The summed E-state index contributed by atoms with van der Waals surface area (Å²) >= 11 is 5.51. The molecule has 2 rings (SSSR count). The first-order chi connectivity index (χ1) is 9.51. The predicted molar refractivity (Wildman–Crippen MR) is 88.7 cm³/mol. The summed E-state index contributed by atoms with van der Waals surface area (Å²) in [5.41, 5.74) is 2.04. The van der Waals surface area contributed by atoms with Crippen molar-refractivity contribution in [3.05, 3.63) is 67.2 Å². The molecule has 0 saturated carbocycles. The second-order valence-corrected chi connectivity index (χ2v) is 6.46. The standard InChI is InChI=1S/C15H13BrF2IN/c1-20-15(12-5-4-11(18)8-14(12)19)6-9-2-3-10(17)7-13(9)16/h2-5,7-8,15,20H,6H2,1H3. The Bertz CT molecular complexity index is 619. The molecule has 5 heteroatoms. The molecule has 0 aliphatic rings. The van der Waals surface area contributed by atoms with Gasteiger partial charge in [-0.1, -0.05) is 28.1 Å². The molecule has 1 nitrogen and oxygen atoms in total. The lowest BCUT2D eigenvalue weighted by atomic mass is 9.99. The zero-order valence-corrected chi connectivity index (χ0v) is 14.5.